The van der Waals surface area contributed by atoms with Gasteiger partial charge in [0.1, 0.15) is 11.9 Å². The third-order valence-electron chi connectivity index (χ3n) is 3.52. The van der Waals surface area contributed by atoms with E-state index in [1.165, 1.54) is 17.0 Å². The summed E-state index contributed by atoms with van der Waals surface area (Å²) in [6, 6.07) is 2.92. The molecule has 20 heavy (non-hydrogen) atoms. The van der Waals surface area contributed by atoms with Crippen LogP contribution < -0.4 is 5.73 Å². The Morgan fingerprint density at radius 2 is 2.05 bits per heavy atom. The van der Waals surface area contributed by atoms with Crippen LogP contribution in [0.25, 0.3) is 0 Å². The molecule has 1 heterocycles. The van der Waals surface area contributed by atoms with Gasteiger partial charge < -0.3 is 15.7 Å². The normalized spacial score (nSPS) is 19.4. The Hall–Kier alpha value is -2.11. The van der Waals surface area contributed by atoms with Crippen molar-refractivity contribution in [1.82, 2.24) is 4.90 Å². The van der Waals surface area contributed by atoms with Crippen LogP contribution >= 0.6 is 0 Å². The molecule has 2 rings (SSSR count). The molecule has 5 nitrogen and oxygen atoms in total. The van der Waals surface area contributed by atoms with Crippen LogP contribution in [0.2, 0.25) is 0 Å². The molecule has 1 aliphatic rings. The Bertz CT molecular complexity index is 533. The molecular formula is C14H17FN2O3. The third-order valence-corrected chi connectivity index (χ3v) is 3.52. The number of hydrogen-bond acceptors (Lipinski definition) is 3. The SMILES string of the molecule is Nc1ccc(C(=O)N2CCCCCC2C(=O)O)c(F)c1. The molecule has 0 aromatic heterocycles. The zero-order valence-electron chi connectivity index (χ0n) is 11.0. The number of benzene rings is 1. The van der Waals surface area contributed by atoms with Crippen molar-refractivity contribution in [1.29, 1.82) is 0 Å². The van der Waals surface area contributed by atoms with E-state index in [9.17, 15) is 19.1 Å². The van der Waals surface area contributed by atoms with Crippen molar-refractivity contribution in [3.63, 3.8) is 0 Å². The van der Waals surface area contributed by atoms with Gasteiger partial charge in [0.2, 0.25) is 0 Å². The summed E-state index contributed by atoms with van der Waals surface area (Å²) >= 11 is 0. The van der Waals surface area contributed by atoms with Crippen molar-refractivity contribution < 1.29 is 19.1 Å². The number of nitrogens with two attached hydrogens (primary N) is 1. The number of nitrogen functional groups attached to an aromatic ring is 1. The summed E-state index contributed by atoms with van der Waals surface area (Å²) in [6.07, 6.45) is 2.76. The van der Waals surface area contributed by atoms with Gasteiger partial charge in [-0.15, -0.1) is 0 Å². The van der Waals surface area contributed by atoms with Crippen molar-refractivity contribution in [2.24, 2.45) is 0 Å². The highest BCUT2D eigenvalue weighted by Crippen LogP contribution is 2.21. The zero-order valence-corrected chi connectivity index (χ0v) is 11.0. The number of amides is 1. The summed E-state index contributed by atoms with van der Waals surface area (Å²) in [5, 5.41) is 9.24. The molecule has 3 N–H and O–H groups in total. The van der Waals surface area contributed by atoms with Gasteiger partial charge in [-0.05, 0) is 31.0 Å². The number of carbonyl (C=O) groups excluding carboxylic acids is 1. The summed E-state index contributed by atoms with van der Waals surface area (Å²) in [4.78, 5) is 24.9. The van der Waals surface area contributed by atoms with Gasteiger partial charge in [0, 0.05) is 12.2 Å². The van der Waals surface area contributed by atoms with Crippen LogP contribution in [0.3, 0.4) is 0 Å². The van der Waals surface area contributed by atoms with E-state index in [1.54, 1.807) is 0 Å². The molecule has 0 spiro atoms. The van der Waals surface area contributed by atoms with Crippen molar-refractivity contribution in [2.45, 2.75) is 31.7 Å². The van der Waals surface area contributed by atoms with Crippen molar-refractivity contribution in [3.8, 4) is 0 Å². The largest absolute Gasteiger partial charge is 0.480 e. The van der Waals surface area contributed by atoms with E-state index < -0.39 is 23.7 Å². The van der Waals surface area contributed by atoms with Gasteiger partial charge in [-0.25, -0.2) is 9.18 Å². The molecule has 0 saturated carbocycles. The first-order valence-electron chi connectivity index (χ1n) is 6.59. The summed E-state index contributed by atoms with van der Waals surface area (Å²) in [5.41, 5.74) is 5.54. The lowest BCUT2D eigenvalue weighted by Crippen LogP contribution is -2.44. The summed E-state index contributed by atoms with van der Waals surface area (Å²) in [7, 11) is 0. The molecule has 1 aromatic carbocycles. The Labute approximate surface area is 116 Å². The van der Waals surface area contributed by atoms with E-state index in [0.29, 0.717) is 13.0 Å². The first kappa shape index (κ1) is 14.3. The Balaban J connectivity index is 2.31. The van der Waals surface area contributed by atoms with Crippen LogP contribution in [-0.4, -0.2) is 34.5 Å². The van der Waals surface area contributed by atoms with Gasteiger partial charge in [-0.2, -0.15) is 0 Å². The lowest BCUT2D eigenvalue weighted by atomic mass is 10.1. The molecule has 1 amide bonds. The van der Waals surface area contributed by atoms with E-state index in [1.807, 2.05) is 0 Å². The van der Waals surface area contributed by atoms with Crippen molar-refractivity contribution in [3.05, 3.63) is 29.6 Å². The van der Waals surface area contributed by atoms with E-state index in [2.05, 4.69) is 0 Å². The van der Waals surface area contributed by atoms with Crippen LogP contribution in [0.15, 0.2) is 18.2 Å². The minimum Gasteiger partial charge on any atom is -0.480 e. The number of likely N-dealkylation sites (tertiary alicyclic amines) is 1. The summed E-state index contributed by atoms with van der Waals surface area (Å²) < 4.78 is 13.8. The lowest BCUT2D eigenvalue weighted by molar-refractivity contribution is -0.142. The number of carbonyl (C=O) groups is 2. The van der Waals surface area contributed by atoms with Gasteiger partial charge in [0.25, 0.3) is 5.91 Å². The molecule has 1 unspecified atom stereocenters. The maximum Gasteiger partial charge on any atom is 0.326 e. The fraction of sp³-hybridized carbons (Fsp3) is 0.429. The smallest absolute Gasteiger partial charge is 0.326 e. The van der Waals surface area contributed by atoms with Crippen molar-refractivity contribution in [2.75, 3.05) is 12.3 Å². The average molecular weight is 280 g/mol. The summed E-state index contributed by atoms with van der Waals surface area (Å²) in [6.45, 7) is 0.333. The Morgan fingerprint density at radius 3 is 2.70 bits per heavy atom. The molecule has 1 aliphatic heterocycles. The number of rotatable bonds is 2. The number of carboxylic acid groups (broad SMARTS) is 1. The number of carboxylic acids is 1. The highest BCUT2D eigenvalue weighted by Gasteiger charge is 2.32. The molecule has 6 heteroatoms. The number of halogens is 1. The average Bonchev–Trinajstić information content (AvgIpc) is 2.63. The predicted molar refractivity (Wildman–Crippen MR) is 71.7 cm³/mol. The van der Waals surface area contributed by atoms with Crippen LogP contribution in [0.5, 0.6) is 0 Å². The van der Waals surface area contributed by atoms with E-state index >= 15 is 0 Å². The highest BCUT2D eigenvalue weighted by molar-refractivity contribution is 5.97. The third kappa shape index (κ3) is 2.89. The number of nitrogens with zero attached hydrogens (tertiary/aromatic N) is 1. The fourth-order valence-electron chi connectivity index (χ4n) is 2.47. The maximum absolute atomic E-state index is 13.8. The molecule has 0 bridgehead atoms. The lowest BCUT2D eigenvalue weighted by Gasteiger charge is -2.27. The topological polar surface area (TPSA) is 83.6 Å². The first-order chi connectivity index (χ1) is 9.50. The number of aliphatic carboxylic acids is 1. The van der Waals surface area contributed by atoms with Crippen LogP contribution in [0.4, 0.5) is 10.1 Å². The molecule has 0 radical (unpaired) electrons. The predicted octanol–water partition coefficient (Wildman–Crippen LogP) is 1.88. The maximum atomic E-state index is 13.8. The van der Waals surface area contributed by atoms with Gasteiger partial charge in [0.15, 0.2) is 0 Å². The summed E-state index contributed by atoms with van der Waals surface area (Å²) in [5.74, 6) is -2.35. The van der Waals surface area contributed by atoms with Crippen molar-refractivity contribution >= 4 is 17.6 Å². The van der Waals surface area contributed by atoms with Crippen LogP contribution in [0.1, 0.15) is 36.0 Å². The molecule has 108 valence electrons. The van der Waals surface area contributed by atoms with E-state index in [0.717, 1.165) is 25.3 Å². The second-order valence-corrected chi connectivity index (χ2v) is 4.94. The fourth-order valence-corrected chi connectivity index (χ4v) is 2.47. The van der Waals surface area contributed by atoms with Gasteiger partial charge >= 0.3 is 5.97 Å². The van der Waals surface area contributed by atoms with Crippen LogP contribution in [-0.2, 0) is 4.79 Å². The molecule has 1 saturated heterocycles. The Kier molecular flexibility index (Phi) is 4.22. The highest BCUT2D eigenvalue weighted by atomic mass is 19.1. The van der Waals surface area contributed by atoms with E-state index in [-0.39, 0.29) is 11.3 Å². The second-order valence-electron chi connectivity index (χ2n) is 4.94. The molecular weight excluding hydrogens is 263 g/mol. The quantitative estimate of drug-likeness (QED) is 0.810. The first-order valence-corrected chi connectivity index (χ1v) is 6.59. The zero-order chi connectivity index (χ0) is 14.7. The molecule has 1 atom stereocenters. The van der Waals surface area contributed by atoms with Gasteiger partial charge in [-0.1, -0.05) is 12.8 Å². The standard InChI is InChI=1S/C14H17FN2O3/c15-11-8-9(16)5-6-10(11)13(18)17-7-3-1-2-4-12(17)14(19)20/h5-6,8,12H,1-4,7,16H2,(H,19,20). The minimum atomic E-state index is -1.05. The van der Waals surface area contributed by atoms with Gasteiger partial charge in [0.05, 0.1) is 5.56 Å². The Morgan fingerprint density at radius 1 is 1.30 bits per heavy atom. The molecule has 1 aromatic rings. The van der Waals surface area contributed by atoms with Gasteiger partial charge in [-0.3, -0.25) is 4.79 Å². The second kappa shape index (κ2) is 5.90. The number of anilines is 1. The monoisotopic (exact) mass is 280 g/mol. The van der Waals surface area contributed by atoms with E-state index in [4.69, 9.17) is 5.73 Å². The number of hydrogen-bond donors (Lipinski definition) is 2. The van der Waals surface area contributed by atoms with Crippen LogP contribution in [0, 0.1) is 5.82 Å². The molecule has 0 aliphatic carbocycles. The molecule has 1 fully saturated rings. The minimum absolute atomic E-state index is 0.132.